The van der Waals surface area contributed by atoms with E-state index >= 15 is 0 Å². The van der Waals surface area contributed by atoms with E-state index in [-0.39, 0.29) is 18.4 Å². The van der Waals surface area contributed by atoms with Crippen molar-refractivity contribution in [2.45, 2.75) is 24.8 Å². The van der Waals surface area contributed by atoms with E-state index in [1.165, 1.54) is 0 Å². The van der Waals surface area contributed by atoms with E-state index in [0.717, 1.165) is 11.1 Å². The highest BCUT2D eigenvalue weighted by molar-refractivity contribution is 5.71. The van der Waals surface area contributed by atoms with Gasteiger partial charge in [-0.1, -0.05) is 60.7 Å². The quantitative estimate of drug-likeness (QED) is 0.814. The first-order valence-electron chi connectivity index (χ1n) is 7.43. The van der Waals surface area contributed by atoms with Gasteiger partial charge in [-0.25, -0.2) is 4.79 Å². The number of rotatable bonds is 3. The summed E-state index contributed by atoms with van der Waals surface area (Å²) in [5.74, 6) is 0. The van der Waals surface area contributed by atoms with Crippen LogP contribution in [0.1, 0.15) is 24.1 Å². The van der Waals surface area contributed by atoms with Gasteiger partial charge in [0.05, 0.1) is 6.04 Å². The normalized spacial score (nSPS) is 30.2. The molecule has 0 aliphatic carbocycles. The maximum atomic E-state index is 12.2. The lowest BCUT2D eigenvalue weighted by atomic mass is 9.98. The van der Waals surface area contributed by atoms with Crippen LogP contribution in [0.3, 0.4) is 0 Å². The molecule has 4 nitrogen and oxygen atoms in total. The molecule has 2 aromatic rings. The molecule has 4 rings (SSSR count). The van der Waals surface area contributed by atoms with Crippen molar-refractivity contribution in [3.05, 3.63) is 71.8 Å². The van der Waals surface area contributed by atoms with Crippen LogP contribution in [0.4, 0.5) is 4.79 Å². The summed E-state index contributed by atoms with van der Waals surface area (Å²) in [6, 6.07) is 19.8. The lowest BCUT2D eigenvalue weighted by Gasteiger charge is -2.21. The van der Waals surface area contributed by atoms with Crippen molar-refractivity contribution in [2.75, 3.05) is 6.61 Å². The summed E-state index contributed by atoms with van der Waals surface area (Å²) in [5.41, 5.74) is 1.68. The SMILES string of the molecule is C[C@]1(c2ccccc2)O[C@@H]1N1C(=O)OC[C@@H]1c1ccccc1. The monoisotopic (exact) mass is 295 g/mol. The molecule has 2 aromatic carbocycles. The lowest BCUT2D eigenvalue weighted by molar-refractivity contribution is 0.139. The highest BCUT2D eigenvalue weighted by atomic mass is 16.7. The highest BCUT2D eigenvalue weighted by Gasteiger charge is 2.61. The van der Waals surface area contributed by atoms with Crippen molar-refractivity contribution >= 4 is 6.09 Å². The molecule has 0 N–H and O–H groups in total. The Morgan fingerprint density at radius 3 is 2.36 bits per heavy atom. The van der Waals surface area contributed by atoms with Crippen LogP contribution >= 0.6 is 0 Å². The first-order valence-corrected chi connectivity index (χ1v) is 7.43. The van der Waals surface area contributed by atoms with Crippen molar-refractivity contribution in [1.82, 2.24) is 4.90 Å². The largest absolute Gasteiger partial charge is 0.447 e. The van der Waals surface area contributed by atoms with Gasteiger partial charge in [-0.15, -0.1) is 0 Å². The Kier molecular flexibility index (Phi) is 2.94. The fourth-order valence-electron chi connectivity index (χ4n) is 3.12. The molecule has 2 fully saturated rings. The first kappa shape index (κ1) is 13.3. The minimum Gasteiger partial charge on any atom is -0.447 e. The minimum absolute atomic E-state index is 0.0933. The molecule has 3 atom stereocenters. The fourth-order valence-corrected chi connectivity index (χ4v) is 3.12. The number of carbonyl (C=O) groups is 1. The number of amides is 1. The second-order valence-corrected chi connectivity index (χ2v) is 5.85. The van der Waals surface area contributed by atoms with Crippen LogP contribution in [0.15, 0.2) is 60.7 Å². The summed E-state index contributed by atoms with van der Waals surface area (Å²) < 4.78 is 11.2. The van der Waals surface area contributed by atoms with Crippen LogP contribution in [-0.2, 0) is 15.1 Å². The van der Waals surface area contributed by atoms with E-state index in [2.05, 4.69) is 0 Å². The molecule has 2 heterocycles. The Labute approximate surface area is 129 Å². The topological polar surface area (TPSA) is 42.1 Å². The molecule has 22 heavy (non-hydrogen) atoms. The van der Waals surface area contributed by atoms with Gasteiger partial charge in [-0.3, -0.25) is 4.90 Å². The zero-order chi connectivity index (χ0) is 15.2. The third-order valence-corrected chi connectivity index (χ3v) is 4.47. The predicted molar refractivity (Wildman–Crippen MR) is 81.0 cm³/mol. The molecular formula is C18H17NO3. The smallest absolute Gasteiger partial charge is 0.412 e. The Morgan fingerprint density at radius 1 is 1.05 bits per heavy atom. The van der Waals surface area contributed by atoms with Crippen LogP contribution in [0, 0.1) is 0 Å². The maximum Gasteiger partial charge on any atom is 0.412 e. The molecule has 4 heteroatoms. The number of hydrogen-bond donors (Lipinski definition) is 0. The molecule has 2 aliphatic rings. The van der Waals surface area contributed by atoms with Crippen molar-refractivity contribution in [3.63, 3.8) is 0 Å². The zero-order valence-electron chi connectivity index (χ0n) is 12.3. The Balaban J connectivity index is 1.63. The van der Waals surface area contributed by atoms with E-state index in [4.69, 9.17) is 9.47 Å². The second-order valence-electron chi connectivity index (χ2n) is 5.85. The average Bonchev–Trinajstić information content (AvgIpc) is 3.10. The average molecular weight is 295 g/mol. The molecule has 2 aliphatic heterocycles. The van der Waals surface area contributed by atoms with E-state index in [0.29, 0.717) is 6.61 Å². The number of cyclic esters (lactones) is 1. The van der Waals surface area contributed by atoms with Gasteiger partial charge < -0.3 is 9.47 Å². The van der Waals surface area contributed by atoms with E-state index in [1.54, 1.807) is 4.90 Å². The summed E-state index contributed by atoms with van der Waals surface area (Å²) in [6.07, 6.45) is -0.589. The number of carbonyl (C=O) groups excluding carboxylic acids is 1. The summed E-state index contributed by atoms with van der Waals surface area (Å²) >= 11 is 0. The van der Waals surface area contributed by atoms with Gasteiger partial charge >= 0.3 is 6.09 Å². The van der Waals surface area contributed by atoms with Crippen molar-refractivity contribution in [3.8, 4) is 0 Å². The van der Waals surface area contributed by atoms with Gasteiger partial charge in [-0.2, -0.15) is 0 Å². The van der Waals surface area contributed by atoms with E-state index < -0.39 is 5.60 Å². The molecular weight excluding hydrogens is 278 g/mol. The van der Waals surface area contributed by atoms with Crippen LogP contribution < -0.4 is 0 Å². The Morgan fingerprint density at radius 2 is 1.68 bits per heavy atom. The molecule has 112 valence electrons. The van der Waals surface area contributed by atoms with Crippen LogP contribution in [0.25, 0.3) is 0 Å². The summed E-state index contributed by atoms with van der Waals surface area (Å²) in [5, 5.41) is 0. The lowest BCUT2D eigenvalue weighted by Crippen LogP contribution is -2.33. The molecule has 0 unspecified atom stereocenters. The molecule has 0 spiro atoms. The summed E-state index contributed by atoms with van der Waals surface area (Å²) in [7, 11) is 0. The molecule has 0 saturated carbocycles. The van der Waals surface area contributed by atoms with Gasteiger partial charge in [0, 0.05) is 0 Å². The highest BCUT2D eigenvalue weighted by Crippen LogP contribution is 2.51. The number of ether oxygens (including phenoxy) is 2. The number of epoxide rings is 1. The van der Waals surface area contributed by atoms with Gasteiger partial charge in [0.1, 0.15) is 12.2 Å². The fraction of sp³-hybridized carbons (Fsp3) is 0.278. The van der Waals surface area contributed by atoms with Crippen molar-refractivity contribution in [2.24, 2.45) is 0 Å². The van der Waals surface area contributed by atoms with Gasteiger partial charge in [0.2, 0.25) is 0 Å². The van der Waals surface area contributed by atoms with Gasteiger partial charge in [0.15, 0.2) is 6.23 Å². The number of hydrogen-bond acceptors (Lipinski definition) is 3. The summed E-state index contributed by atoms with van der Waals surface area (Å²) in [4.78, 5) is 13.9. The van der Waals surface area contributed by atoms with Crippen molar-refractivity contribution in [1.29, 1.82) is 0 Å². The van der Waals surface area contributed by atoms with Crippen LogP contribution in [0.2, 0.25) is 0 Å². The van der Waals surface area contributed by atoms with E-state index in [9.17, 15) is 4.79 Å². The first-order chi connectivity index (χ1) is 10.7. The third kappa shape index (κ3) is 1.99. The van der Waals surface area contributed by atoms with Crippen LogP contribution in [-0.4, -0.2) is 23.8 Å². The van der Waals surface area contributed by atoms with Crippen LogP contribution in [0.5, 0.6) is 0 Å². The predicted octanol–water partition coefficient (Wildman–Crippen LogP) is 3.45. The molecule has 0 bridgehead atoms. The maximum absolute atomic E-state index is 12.2. The molecule has 0 aromatic heterocycles. The zero-order valence-corrected chi connectivity index (χ0v) is 12.3. The Bertz CT molecular complexity index is 688. The Hall–Kier alpha value is -2.33. The summed E-state index contributed by atoms with van der Waals surface area (Å²) in [6.45, 7) is 2.38. The van der Waals surface area contributed by atoms with E-state index in [1.807, 2.05) is 67.6 Å². The third-order valence-electron chi connectivity index (χ3n) is 4.47. The molecule has 0 radical (unpaired) electrons. The number of benzene rings is 2. The minimum atomic E-state index is -0.461. The molecule has 2 saturated heterocycles. The van der Waals surface area contributed by atoms with Gasteiger partial charge in [0.25, 0.3) is 0 Å². The standard InChI is InChI=1S/C18H17NO3/c1-18(14-10-6-3-7-11-14)16(22-18)19-15(12-21-17(19)20)13-8-4-2-5-9-13/h2-11,15-16H,12H2,1H3/t15-,16+,18-/m1/s1. The second kappa shape index (κ2) is 4.85. The molecule has 1 amide bonds. The van der Waals surface area contributed by atoms with Gasteiger partial charge in [-0.05, 0) is 18.1 Å². The van der Waals surface area contributed by atoms with Crippen molar-refractivity contribution < 1.29 is 14.3 Å². The number of nitrogens with zero attached hydrogens (tertiary/aromatic N) is 1.